The summed E-state index contributed by atoms with van der Waals surface area (Å²) >= 11 is 0. The molecule has 0 aromatic carbocycles. The van der Waals surface area contributed by atoms with Gasteiger partial charge in [-0.05, 0) is 19.4 Å². The van der Waals surface area contributed by atoms with Gasteiger partial charge in [-0.25, -0.2) is 4.98 Å². The number of carbonyl (C=O) groups is 1. The van der Waals surface area contributed by atoms with Gasteiger partial charge < -0.3 is 15.4 Å². The summed E-state index contributed by atoms with van der Waals surface area (Å²) in [4.78, 5) is 15.8. The molecule has 1 rings (SSSR count). The van der Waals surface area contributed by atoms with E-state index < -0.39 is 0 Å². The monoisotopic (exact) mass is 251 g/mol. The molecule has 0 saturated heterocycles. The fourth-order valence-corrected chi connectivity index (χ4v) is 1.44. The van der Waals surface area contributed by atoms with E-state index in [1.165, 1.54) is 0 Å². The topological polar surface area (TPSA) is 63.2 Å². The van der Waals surface area contributed by atoms with Gasteiger partial charge in [-0.2, -0.15) is 0 Å². The molecule has 0 saturated carbocycles. The van der Waals surface area contributed by atoms with Crippen LogP contribution in [0.4, 0.5) is 5.69 Å². The van der Waals surface area contributed by atoms with Crippen molar-refractivity contribution in [2.75, 3.05) is 19.0 Å². The van der Waals surface area contributed by atoms with E-state index in [4.69, 9.17) is 4.74 Å². The molecule has 0 spiro atoms. The highest BCUT2D eigenvalue weighted by atomic mass is 16.5. The predicted molar refractivity (Wildman–Crippen MR) is 71.8 cm³/mol. The average Bonchev–Trinajstić information content (AvgIpc) is 2.39. The maximum absolute atomic E-state index is 11.7. The maximum atomic E-state index is 11.7. The zero-order valence-corrected chi connectivity index (χ0v) is 11.2. The number of hydrogen-bond donors (Lipinski definition) is 2. The molecule has 0 fully saturated rings. The minimum absolute atomic E-state index is 0.000678. The SMILES string of the molecule is CCCCNC(=O)C(C)Nc1ccc(OC)nc1. The molecule has 1 heterocycles. The molecular formula is C13H21N3O2. The second-order valence-electron chi connectivity index (χ2n) is 4.10. The van der Waals surface area contributed by atoms with Gasteiger partial charge in [0.05, 0.1) is 19.0 Å². The van der Waals surface area contributed by atoms with Crippen molar-refractivity contribution in [2.24, 2.45) is 0 Å². The second-order valence-corrected chi connectivity index (χ2v) is 4.10. The fraction of sp³-hybridized carbons (Fsp3) is 0.538. The third kappa shape index (κ3) is 4.61. The number of anilines is 1. The Labute approximate surface area is 108 Å². The van der Waals surface area contributed by atoms with Gasteiger partial charge >= 0.3 is 0 Å². The van der Waals surface area contributed by atoms with Crippen LogP contribution in [-0.4, -0.2) is 30.6 Å². The van der Waals surface area contributed by atoms with Crippen LogP contribution in [-0.2, 0) is 4.79 Å². The first-order valence-corrected chi connectivity index (χ1v) is 6.21. The number of nitrogens with one attached hydrogen (secondary N) is 2. The van der Waals surface area contributed by atoms with E-state index in [0.717, 1.165) is 25.1 Å². The Morgan fingerprint density at radius 2 is 2.28 bits per heavy atom. The van der Waals surface area contributed by atoms with Crippen LogP contribution in [0.2, 0.25) is 0 Å². The quantitative estimate of drug-likeness (QED) is 0.725. The lowest BCUT2D eigenvalue weighted by molar-refractivity contribution is -0.121. The molecule has 0 bridgehead atoms. The van der Waals surface area contributed by atoms with E-state index in [0.29, 0.717) is 5.88 Å². The smallest absolute Gasteiger partial charge is 0.242 e. The summed E-state index contributed by atoms with van der Waals surface area (Å²) in [7, 11) is 1.57. The van der Waals surface area contributed by atoms with Gasteiger partial charge in [0.2, 0.25) is 11.8 Å². The minimum Gasteiger partial charge on any atom is -0.481 e. The van der Waals surface area contributed by atoms with Crippen molar-refractivity contribution in [1.29, 1.82) is 0 Å². The molecule has 5 heteroatoms. The lowest BCUT2D eigenvalue weighted by Gasteiger charge is -2.15. The summed E-state index contributed by atoms with van der Waals surface area (Å²) in [5.74, 6) is 0.555. The van der Waals surface area contributed by atoms with Gasteiger partial charge in [0, 0.05) is 12.6 Å². The van der Waals surface area contributed by atoms with Crippen LogP contribution in [0.25, 0.3) is 0 Å². The number of unbranched alkanes of at least 4 members (excludes halogenated alkanes) is 1. The lowest BCUT2D eigenvalue weighted by atomic mass is 10.2. The highest BCUT2D eigenvalue weighted by molar-refractivity contribution is 5.84. The average molecular weight is 251 g/mol. The van der Waals surface area contributed by atoms with Crippen molar-refractivity contribution in [2.45, 2.75) is 32.7 Å². The van der Waals surface area contributed by atoms with Crippen molar-refractivity contribution in [3.8, 4) is 5.88 Å². The van der Waals surface area contributed by atoms with Crippen LogP contribution in [0.5, 0.6) is 5.88 Å². The van der Waals surface area contributed by atoms with Crippen LogP contribution in [0.15, 0.2) is 18.3 Å². The van der Waals surface area contributed by atoms with E-state index in [1.807, 2.05) is 13.0 Å². The maximum Gasteiger partial charge on any atom is 0.242 e. The zero-order chi connectivity index (χ0) is 13.4. The zero-order valence-electron chi connectivity index (χ0n) is 11.2. The van der Waals surface area contributed by atoms with Crippen LogP contribution in [0, 0.1) is 0 Å². The van der Waals surface area contributed by atoms with Gasteiger partial charge in [-0.1, -0.05) is 13.3 Å². The van der Waals surface area contributed by atoms with Crippen LogP contribution >= 0.6 is 0 Å². The lowest BCUT2D eigenvalue weighted by Crippen LogP contribution is -2.38. The second kappa shape index (κ2) is 7.53. The van der Waals surface area contributed by atoms with Crippen LogP contribution in [0.1, 0.15) is 26.7 Å². The number of carbonyl (C=O) groups excluding carboxylic acids is 1. The molecule has 2 N–H and O–H groups in total. The number of methoxy groups -OCH3 is 1. The molecule has 1 unspecified atom stereocenters. The molecule has 0 aliphatic rings. The molecule has 18 heavy (non-hydrogen) atoms. The first-order chi connectivity index (χ1) is 8.67. The third-order valence-electron chi connectivity index (χ3n) is 2.55. The first-order valence-electron chi connectivity index (χ1n) is 6.21. The van der Waals surface area contributed by atoms with Crippen LogP contribution in [0.3, 0.4) is 0 Å². The molecule has 100 valence electrons. The van der Waals surface area contributed by atoms with Crippen molar-refractivity contribution < 1.29 is 9.53 Å². The number of hydrogen-bond acceptors (Lipinski definition) is 4. The Morgan fingerprint density at radius 1 is 1.50 bits per heavy atom. The molecule has 1 aromatic rings. The van der Waals surface area contributed by atoms with E-state index in [1.54, 1.807) is 19.4 Å². The van der Waals surface area contributed by atoms with Gasteiger partial charge in [0.15, 0.2) is 0 Å². The van der Waals surface area contributed by atoms with Crippen molar-refractivity contribution in [3.05, 3.63) is 18.3 Å². The standard InChI is InChI=1S/C13H21N3O2/c1-4-5-8-14-13(17)10(2)16-11-6-7-12(18-3)15-9-11/h6-7,9-10,16H,4-5,8H2,1-3H3,(H,14,17). The number of aromatic nitrogens is 1. The largest absolute Gasteiger partial charge is 0.481 e. The minimum atomic E-state index is -0.281. The van der Waals surface area contributed by atoms with E-state index in [2.05, 4.69) is 22.5 Å². The molecule has 1 aromatic heterocycles. The number of ether oxygens (including phenoxy) is 1. The van der Waals surface area contributed by atoms with Gasteiger partial charge in [0.25, 0.3) is 0 Å². The summed E-state index contributed by atoms with van der Waals surface area (Å²) in [6.45, 7) is 4.64. The summed E-state index contributed by atoms with van der Waals surface area (Å²) in [5.41, 5.74) is 0.800. The van der Waals surface area contributed by atoms with Crippen LogP contribution < -0.4 is 15.4 Å². The number of rotatable bonds is 7. The molecule has 1 atom stereocenters. The molecule has 0 aliphatic carbocycles. The summed E-state index contributed by atoms with van der Waals surface area (Å²) in [6, 6.07) is 3.31. The number of amides is 1. The number of nitrogens with zero attached hydrogens (tertiary/aromatic N) is 1. The molecule has 0 aliphatic heterocycles. The summed E-state index contributed by atoms with van der Waals surface area (Å²) in [5, 5.41) is 5.97. The normalized spacial score (nSPS) is 11.7. The van der Waals surface area contributed by atoms with Gasteiger partial charge in [-0.15, -0.1) is 0 Å². The molecule has 0 radical (unpaired) electrons. The Hall–Kier alpha value is -1.78. The van der Waals surface area contributed by atoms with E-state index in [-0.39, 0.29) is 11.9 Å². The molecule has 5 nitrogen and oxygen atoms in total. The highest BCUT2D eigenvalue weighted by Gasteiger charge is 2.11. The summed E-state index contributed by atoms with van der Waals surface area (Å²) in [6.07, 6.45) is 3.72. The molecule has 1 amide bonds. The summed E-state index contributed by atoms with van der Waals surface area (Å²) < 4.78 is 4.97. The fourth-order valence-electron chi connectivity index (χ4n) is 1.44. The van der Waals surface area contributed by atoms with Crippen molar-refractivity contribution in [1.82, 2.24) is 10.3 Å². The van der Waals surface area contributed by atoms with Crippen molar-refractivity contribution in [3.63, 3.8) is 0 Å². The Morgan fingerprint density at radius 3 is 2.83 bits per heavy atom. The van der Waals surface area contributed by atoms with Gasteiger partial charge in [0.1, 0.15) is 6.04 Å². The highest BCUT2D eigenvalue weighted by Crippen LogP contribution is 2.11. The Bertz CT molecular complexity index is 365. The Balaban J connectivity index is 2.42. The predicted octanol–water partition coefficient (Wildman–Crippen LogP) is 1.81. The molecular weight excluding hydrogens is 230 g/mol. The Kier molecular flexibility index (Phi) is 5.97. The van der Waals surface area contributed by atoms with Gasteiger partial charge in [-0.3, -0.25) is 4.79 Å². The van der Waals surface area contributed by atoms with E-state index >= 15 is 0 Å². The van der Waals surface area contributed by atoms with Crippen molar-refractivity contribution >= 4 is 11.6 Å². The first kappa shape index (κ1) is 14.3. The number of pyridine rings is 1. The third-order valence-corrected chi connectivity index (χ3v) is 2.55. The van der Waals surface area contributed by atoms with E-state index in [9.17, 15) is 4.79 Å².